The number of aromatic amines is 1. The number of ether oxygens (including phenoxy) is 1. The van der Waals surface area contributed by atoms with Gasteiger partial charge in [0, 0.05) is 17.6 Å². The van der Waals surface area contributed by atoms with Crippen LogP contribution < -0.4 is 10.5 Å². The summed E-state index contributed by atoms with van der Waals surface area (Å²) in [6.45, 7) is 4.53. The Kier molecular flexibility index (Phi) is 4.47. The van der Waals surface area contributed by atoms with Gasteiger partial charge >= 0.3 is 6.18 Å². The van der Waals surface area contributed by atoms with Crippen molar-refractivity contribution in [1.29, 1.82) is 0 Å². The number of hydrogen-bond acceptors (Lipinski definition) is 2. The average molecular weight is 348 g/mol. The van der Waals surface area contributed by atoms with E-state index in [1.54, 1.807) is 6.07 Å². The van der Waals surface area contributed by atoms with Gasteiger partial charge in [-0.3, -0.25) is 0 Å². The van der Waals surface area contributed by atoms with Crippen LogP contribution in [0, 0.1) is 0 Å². The van der Waals surface area contributed by atoms with Gasteiger partial charge in [-0.25, -0.2) is 0 Å². The molecule has 3 nitrogen and oxygen atoms in total. The van der Waals surface area contributed by atoms with E-state index in [1.165, 1.54) is 12.1 Å². The number of nitrogens with one attached hydrogen (secondary N) is 1. The predicted octanol–water partition coefficient (Wildman–Crippen LogP) is 5.56. The van der Waals surface area contributed by atoms with Gasteiger partial charge in [0.15, 0.2) is 0 Å². The van der Waals surface area contributed by atoms with E-state index in [0.717, 1.165) is 34.3 Å². The quantitative estimate of drug-likeness (QED) is 0.648. The van der Waals surface area contributed by atoms with Gasteiger partial charge in [0.05, 0.1) is 11.1 Å². The Morgan fingerprint density at radius 3 is 2.32 bits per heavy atom. The lowest BCUT2D eigenvalue weighted by molar-refractivity contribution is -0.137. The monoisotopic (exact) mass is 348 g/mol. The van der Waals surface area contributed by atoms with Crippen molar-refractivity contribution in [3.63, 3.8) is 0 Å². The highest BCUT2D eigenvalue weighted by molar-refractivity contribution is 5.89. The second kappa shape index (κ2) is 6.44. The van der Waals surface area contributed by atoms with Crippen molar-refractivity contribution in [2.75, 3.05) is 0 Å². The average Bonchev–Trinajstić information content (AvgIpc) is 3.01. The van der Waals surface area contributed by atoms with E-state index in [2.05, 4.69) is 18.8 Å². The third-order valence-corrected chi connectivity index (χ3v) is 4.11. The first-order valence-corrected chi connectivity index (χ1v) is 7.99. The Morgan fingerprint density at radius 1 is 1.08 bits per heavy atom. The zero-order chi connectivity index (χ0) is 18.2. The maximum absolute atomic E-state index is 12.7. The van der Waals surface area contributed by atoms with E-state index in [4.69, 9.17) is 10.5 Å². The fourth-order valence-corrected chi connectivity index (χ4v) is 2.68. The predicted molar refractivity (Wildman–Crippen MR) is 91.8 cm³/mol. The lowest BCUT2D eigenvalue weighted by Gasteiger charge is -2.10. The van der Waals surface area contributed by atoms with Crippen LogP contribution in [0.15, 0.2) is 42.5 Å². The third kappa shape index (κ3) is 3.49. The molecule has 3 N–H and O–H groups in total. The zero-order valence-corrected chi connectivity index (χ0v) is 13.9. The van der Waals surface area contributed by atoms with Gasteiger partial charge in [-0.15, -0.1) is 0 Å². The van der Waals surface area contributed by atoms with Crippen LogP contribution in [0.2, 0.25) is 0 Å². The van der Waals surface area contributed by atoms with Crippen molar-refractivity contribution in [3.8, 4) is 11.5 Å². The first-order valence-electron chi connectivity index (χ1n) is 7.99. The first-order chi connectivity index (χ1) is 11.8. The molecule has 1 heterocycles. The van der Waals surface area contributed by atoms with Gasteiger partial charge < -0.3 is 15.5 Å². The van der Waals surface area contributed by atoms with Crippen molar-refractivity contribution < 1.29 is 17.9 Å². The molecule has 25 heavy (non-hydrogen) atoms. The number of hydrogen-bond donors (Lipinski definition) is 2. The molecule has 0 atom stereocenters. The molecule has 2 aromatic carbocycles. The largest absolute Gasteiger partial charge is 0.457 e. The van der Waals surface area contributed by atoms with Gasteiger partial charge in [0.1, 0.15) is 11.5 Å². The first kappa shape index (κ1) is 17.4. The fraction of sp³-hybridized carbons (Fsp3) is 0.263. The fourth-order valence-electron chi connectivity index (χ4n) is 2.68. The summed E-state index contributed by atoms with van der Waals surface area (Å²) in [4.78, 5) is 3.36. The molecule has 0 saturated carbocycles. The SMILES string of the molecule is CC(C)c1cc2c(Oc3ccc(C(F)(F)F)cc3)ccc(CN)c2[nH]1. The van der Waals surface area contributed by atoms with Crippen LogP contribution in [-0.2, 0) is 12.7 Å². The molecule has 0 spiro atoms. The molecular formula is C19H19F3N2O. The zero-order valence-electron chi connectivity index (χ0n) is 13.9. The summed E-state index contributed by atoms with van der Waals surface area (Å²) in [6.07, 6.45) is -4.36. The number of alkyl halides is 3. The highest BCUT2D eigenvalue weighted by Crippen LogP contribution is 2.35. The molecule has 0 saturated heterocycles. The minimum Gasteiger partial charge on any atom is -0.457 e. The van der Waals surface area contributed by atoms with E-state index >= 15 is 0 Å². The summed E-state index contributed by atoms with van der Waals surface area (Å²) in [5.74, 6) is 1.23. The number of aromatic nitrogens is 1. The van der Waals surface area contributed by atoms with E-state index < -0.39 is 11.7 Å². The topological polar surface area (TPSA) is 51.0 Å². The highest BCUT2D eigenvalue weighted by Gasteiger charge is 2.30. The normalized spacial score (nSPS) is 12.1. The minimum absolute atomic E-state index is 0.303. The molecule has 3 aromatic rings. The second-order valence-corrected chi connectivity index (χ2v) is 6.22. The van der Waals surface area contributed by atoms with Gasteiger partial charge in [0.2, 0.25) is 0 Å². The van der Waals surface area contributed by atoms with Gasteiger partial charge in [-0.2, -0.15) is 13.2 Å². The lowest BCUT2D eigenvalue weighted by Crippen LogP contribution is -2.04. The number of benzene rings is 2. The maximum atomic E-state index is 12.7. The summed E-state index contributed by atoms with van der Waals surface area (Å²) >= 11 is 0. The van der Waals surface area contributed by atoms with Crippen molar-refractivity contribution in [1.82, 2.24) is 4.98 Å². The smallest absolute Gasteiger partial charge is 0.416 e. The Labute approximate surface area is 143 Å². The van der Waals surface area contributed by atoms with E-state index in [1.807, 2.05) is 12.1 Å². The Balaban J connectivity index is 1.98. The van der Waals surface area contributed by atoms with Crippen LogP contribution in [0.25, 0.3) is 10.9 Å². The summed E-state index contributed by atoms with van der Waals surface area (Å²) in [5, 5.41) is 0.867. The van der Waals surface area contributed by atoms with E-state index in [0.29, 0.717) is 24.0 Å². The molecule has 0 radical (unpaired) electrons. The summed E-state index contributed by atoms with van der Waals surface area (Å²) in [6, 6.07) is 10.3. The van der Waals surface area contributed by atoms with E-state index in [9.17, 15) is 13.2 Å². The molecule has 1 aromatic heterocycles. The molecule has 3 rings (SSSR count). The number of nitrogens with two attached hydrogens (primary N) is 1. The molecule has 0 amide bonds. The molecule has 0 aliphatic carbocycles. The van der Waals surface area contributed by atoms with Crippen molar-refractivity contribution in [2.45, 2.75) is 32.5 Å². The maximum Gasteiger partial charge on any atom is 0.416 e. The Bertz CT molecular complexity index is 880. The molecule has 0 fully saturated rings. The number of H-pyrrole nitrogens is 1. The minimum atomic E-state index is -4.36. The molecule has 0 aliphatic rings. The van der Waals surface area contributed by atoms with Crippen LogP contribution in [0.5, 0.6) is 11.5 Å². The van der Waals surface area contributed by atoms with Gasteiger partial charge in [0.25, 0.3) is 0 Å². The summed E-state index contributed by atoms with van der Waals surface area (Å²) in [5.41, 5.74) is 8.00. The van der Waals surface area contributed by atoms with Crippen LogP contribution in [-0.4, -0.2) is 4.98 Å². The van der Waals surface area contributed by atoms with E-state index in [-0.39, 0.29) is 0 Å². The van der Waals surface area contributed by atoms with Crippen LogP contribution >= 0.6 is 0 Å². The molecule has 0 unspecified atom stereocenters. The van der Waals surface area contributed by atoms with Crippen LogP contribution in [0.4, 0.5) is 13.2 Å². The Hall–Kier alpha value is -2.47. The highest BCUT2D eigenvalue weighted by atomic mass is 19.4. The van der Waals surface area contributed by atoms with Crippen molar-refractivity contribution in [2.24, 2.45) is 5.73 Å². The molecule has 0 bridgehead atoms. The summed E-state index contributed by atoms with van der Waals surface area (Å²) in [7, 11) is 0. The Morgan fingerprint density at radius 2 is 1.76 bits per heavy atom. The number of rotatable bonds is 4. The molecule has 6 heteroatoms. The second-order valence-electron chi connectivity index (χ2n) is 6.22. The molecule has 0 aliphatic heterocycles. The lowest BCUT2D eigenvalue weighted by atomic mass is 10.1. The van der Waals surface area contributed by atoms with Crippen molar-refractivity contribution >= 4 is 10.9 Å². The van der Waals surface area contributed by atoms with Gasteiger partial charge in [-0.05, 0) is 47.9 Å². The molecular weight excluding hydrogens is 329 g/mol. The number of halogens is 3. The summed E-state index contributed by atoms with van der Waals surface area (Å²) < 4.78 is 43.8. The standard InChI is InChI=1S/C19H19F3N2O/c1-11(2)16-9-15-17(8-3-12(10-23)18(15)24-16)25-14-6-4-13(5-7-14)19(20,21)22/h3-9,11,24H,10,23H2,1-2H3. The van der Waals surface area contributed by atoms with Crippen LogP contribution in [0.3, 0.4) is 0 Å². The van der Waals surface area contributed by atoms with Crippen molar-refractivity contribution in [3.05, 3.63) is 59.3 Å². The van der Waals surface area contributed by atoms with Crippen LogP contribution in [0.1, 0.15) is 36.6 Å². The molecule has 132 valence electrons. The number of fused-ring (bicyclic) bond motifs is 1. The van der Waals surface area contributed by atoms with Gasteiger partial charge in [-0.1, -0.05) is 19.9 Å². The third-order valence-electron chi connectivity index (χ3n) is 4.11.